The van der Waals surface area contributed by atoms with Gasteiger partial charge in [-0.3, -0.25) is 4.79 Å². The molecule has 0 aliphatic carbocycles. The minimum absolute atomic E-state index is 0.167. The van der Waals surface area contributed by atoms with Gasteiger partial charge in [0.05, 0.1) is 5.56 Å². The van der Waals surface area contributed by atoms with Crippen molar-refractivity contribution in [3.05, 3.63) is 45.2 Å². The maximum Gasteiger partial charge on any atom is 0.258 e. The van der Waals surface area contributed by atoms with Gasteiger partial charge in [0.2, 0.25) is 5.88 Å². The summed E-state index contributed by atoms with van der Waals surface area (Å²) in [6.45, 7) is 5.93. The van der Waals surface area contributed by atoms with E-state index in [9.17, 15) is 9.90 Å². The number of hydrogen-bond acceptors (Lipinski definition) is 3. The smallest absolute Gasteiger partial charge is 0.258 e. The van der Waals surface area contributed by atoms with Gasteiger partial charge < -0.3 is 10.1 Å². The van der Waals surface area contributed by atoms with Crippen LogP contribution < -0.4 is 5.56 Å². The summed E-state index contributed by atoms with van der Waals surface area (Å²) in [4.78, 5) is 18.8. The van der Waals surface area contributed by atoms with Gasteiger partial charge in [-0.25, -0.2) is 0 Å². The summed E-state index contributed by atoms with van der Waals surface area (Å²) in [5.41, 5.74) is 3.09. The quantitative estimate of drug-likeness (QED) is 0.889. The minimum atomic E-state index is -0.261. The molecule has 0 aliphatic heterocycles. The molecule has 2 rings (SSSR count). The van der Waals surface area contributed by atoms with E-state index in [1.54, 1.807) is 0 Å². The van der Waals surface area contributed by atoms with E-state index in [2.05, 4.69) is 9.97 Å². The Morgan fingerprint density at radius 1 is 1.21 bits per heavy atom. The van der Waals surface area contributed by atoms with Crippen molar-refractivity contribution in [3.63, 3.8) is 0 Å². The predicted octanol–water partition coefficient (Wildman–Crippen LogP) is 2.71. The summed E-state index contributed by atoms with van der Waals surface area (Å²) in [7, 11) is 0. The lowest BCUT2D eigenvalue weighted by Gasteiger charge is -2.07. The Kier molecular flexibility index (Phi) is 3.69. The van der Waals surface area contributed by atoms with E-state index in [-0.39, 0.29) is 11.4 Å². The molecule has 2 aromatic rings. The number of nitrogens with one attached hydrogen (secondary N) is 1. The number of nitrogens with zero attached hydrogens (tertiary/aromatic N) is 1. The second kappa shape index (κ2) is 5.26. The lowest BCUT2D eigenvalue weighted by molar-refractivity contribution is 0.443. The van der Waals surface area contributed by atoms with Crippen molar-refractivity contribution in [1.29, 1.82) is 0 Å². The molecule has 100 valence electrons. The van der Waals surface area contributed by atoms with E-state index in [1.165, 1.54) is 0 Å². The maximum atomic E-state index is 11.9. The van der Waals surface area contributed by atoms with E-state index < -0.39 is 0 Å². The van der Waals surface area contributed by atoms with Crippen molar-refractivity contribution < 1.29 is 5.11 Å². The molecule has 2 N–H and O–H groups in total. The van der Waals surface area contributed by atoms with Crippen LogP contribution in [0.15, 0.2) is 23.0 Å². The Morgan fingerprint density at radius 3 is 2.37 bits per heavy atom. The van der Waals surface area contributed by atoms with E-state index in [1.807, 2.05) is 39.0 Å². The highest BCUT2D eigenvalue weighted by Crippen LogP contribution is 2.20. The first kappa shape index (κ1) is 13.3. The van der Waals surface area contributed by atoms with Gasteiger partial charge in [0, 0.05) is 5.56 Å². The summed E-state index contributed by atoms with van der Waals surface area (Å²) in [6, 6.07) is 5.92. The third-order valence-corrected chi connectivity index (χ3v) is 2.99. The molecule has 1 aromatic carbocycles. The fourth-order valence-corrected chi connectivity index (χ4v) is 2.21. The molecular weight excluding hydrogens is 240 g/mol. The third kappa shape index (κ3) is 2.84. The monoisotopic (exact) mass is 258 g/mol. The third-order valence-electron chi connectivity index (χ3n) is 2.99. The van der Waals surface area contributed by atoms with Gasteiger partial charge in [-0.2, -0.15) is 4.98 Å². The molecule has 0 saturated carbocycles. The Balaban J connectivity index is 2.55. The molecule has 0 bridgehead atoms. The van der Waals surface area contributed by atoms with Crippen LogP contribution in [0.5, 0.6) is 5.88 Å². The number of aromatic hydroxyl groups is 1. The summed E-state index contributed by atoms with van der Waals surface area (Å²) in [6.07, 6.45) is 1.32. The first-order valence-electron chi connectivity index (χ1n) is 6.42. The van der Waals surface area contributed by atoms with E-state index >= 15 is 0 Å². The minimum Gasteiger partial charge on any atom is -0.493 e. The summed E-state index contributed by atoms with van der Waals surface area (Å²) in [5, 5.41) is 9.87. The van der Waals surface area contributed by atoms with Crippen LogP contribution in [-0.4, -0.2) is 15.1 Å². The molecule has 0 radical (unpaired) electrons. The van der Waals surface area contributed by atoms with Crippen molar-refractivity contribution >= 4 is 0 Å². The standard InChI is InChI=1S/C15H18N2O2/c1-4-5-12-14(18)16-13(17-15(12)19)11-7-9(2)6-10(3)8-11/h6-8H,4-5H2,1-3H3,(H2,16,17,18,19). The van der Waals surface area contributed by atoms with Crippen LogP contribution >= 0.6 is 0 Å². The number of H-pyrrole nitrogens is 1. The first-order valence-corrected chi connectivity index (χ1v) is 6.42. The second-order valence-corrected chi connectivity index (χ2v) is 4.84. The van der Waals surface area contributed by atoms with Crippen LogP contribution in [0, 0.1) is 13.8 Å². The molecule has 0 spiro atoms. The van der Waals surface area contributed by atoms with E-state index in [0.717, 1.165) is 23.1 Å². The van der Waals surface area contributed by atoms with Gasteiger partial charge >= 0.3 is 0 Å². The number of aryl methyl sites for hydroxylation is 2. The molecule has 0 atom stereocenters. The van der Waals surface area contributed by atoms with Crippen LogP contribution in [0.3, 0.4) is 0 Å². The highest BCUT2D eigenvalue weighted by molar-refractivity contribution is 5.58. The van der Waals surface area contributed by atoms with Gasteiger partial charge in [0.15, 0.2) is 0 Å². The fourth-order valence-electron chi connectivity index (χ4n) is 2.21. The highest BCUT2D eigenvalue weighted by Gasteiger charge is 2.11. The Morgan fingerprint density at radius 2 is 1.84 bits per heavy atom. The Bertz CT molecular complexity index is 639. The number of aromatic amines is 1. The first-order chi connectivity index (χ1) is 9.01. The Labute approximate surface area is 112 Å². The number of rotatable bonds is 3. The number of benzene rings is 1. The molecule has 1 heterocycles. The van der Waals surface area contributed by atoms with Crippen molar-refractivity contribution in [2.75, 3.05) is 0 Å². The van der Waals surface area contributed by atoms with Crippen molar-refractivity contribution in [2.24, 2.45) is 0 Å². The van der Waals surface area contributed by atoms with Crippen molar-refractivity contribution in [3.8, 4) is 17.3 Å². The predicted molar refractivity (Wildman–Crippen MR) is 75.4 cm³/mol. The van der Waals surface area contributed by atoms with Gasteiger partial charge in [-0.1, -0.05) is 30.5 Å². The molecule has 0 amide bonds. The van der Waals surface area contributed by atoms with Crippen LogP contribution in [0.4, 0.5) is 0 Å². The molecule has 1 aromatic heterocycles. The van der Waals surface area contributed by atoms with Gasteiger partial charge in [-0.05, 0) is 32.4 Å². The normalized spacial score (nSPS) is 10.7. The molecular formula is C15H18N2O2. The largest absolute Gasteiger partial charge is 0.493 e. The maximum absolute atomic E-state index is 11.9. The van der Waals surface area contributed by atoms with Crippen molar-refractivity contribution in [1.82, 2.24) is 9.97 Å². The fraction of sp³-hybridized carbons (Fsp3) is 0.333. The SMILES string of the molecule is CCCc1c(O)nc(-c2cc(C)cc(C)c2)[nH]c1=O. The van der Waals surface area contributed by atoms with E-state index in [0.29, 0.717) is 17.8 Å². The molecule has 0 aliphatic rings. The molecule has 19 heavy (non-hydrogen) atoms. The van der Waals surface area contributed by atoms with Crippen LogP contribution in [0.2, 0.25) is 0 Å². The number of aromatic nitrogens is 2. The highest BCUT2D eigenvalue weighted by atomic mass is 16.3. The second-order valence-electron chi connectivity index (χ2n) is 4.84. The van der Waals surface area contributed by atoms with Gasteiger partial charge in [0.1, 0.15) is 5.82 Å². The average molecular weight is 258 g/mol. The summed E-state index contributed by atoms with van der Waals surface area (Å²) >= 11 is 0. The summed E-state index contributed by atoms with van der Waals surface area (Å²) in [5.74, 6) is 0.244. The van der Waals surface area contributed by atoms with Crippen LogP contribution in [0.1, 0.15) is 30.0 Å². The molecule has 4 heteroatoms. The van der Waals surface area contributed by atoms with Crippen LogP contribution in [-0.2, 0) is 6.42 Å². The summed E-state index contributed by atoms with van der Waals surface area (Å²) < 4.78 is 0. The number of hydrogen-bond donors (Lipinski definition) is 2. The lowest BCUT2D eigenvalue weighted by atomic mass is 10.1. The lowest BCUT2D eigenvalue weighted by Crippen LogP contribution is -2.15. The molecule has 0 fully saturated rings. The molecule has 0 saturated heterocycles. The molecule has 0 unspecified atom stereocenters. The van der Waals surface area contributed by atoms with Crippen LogP contribution in [0.25, 0.3) is 11.4 Å². The zero-order valence-corrected chi connectivity index (χ0v) is 11.4. The molecule has 4 nitrogen and oxygen atoms in total. The van der Waals surface area contributed by atoms with Gasteiger partial charge in [0.25, 0.3) is 5.56 Å². The van der Waals surface area contributed by atoms with Crippen molar-refractivity contribution in [2.45, 2.75) is 33.6 Å². The zero-order valence-electron chi connectivity index (χ0n) is 11.4. The van der Waals surface area contributed by atoms with Gasteiger partial charge in [-0.15, -0.1) is 0 Å². The topological polar surface area (TPSA) is 66.0 Å². The van der Waals surface area contributed by atoms with E-state index in [4.69, 9.17) is 0 Å². The average Bonchev–Trinajstić information content (AvgIpc) is 2.32. The zero-order chi connectivity index (χ0) is 14.0. The Hall–Kier alpha value is -2.10.